The molecule has 15 heteroatoms. The van der Waals surface area contributed by atoms with Crippen molar-refractivity contribution >= 4 is 29.8 Å². The van der Waals surface area contributed by atoms with Crippen molar-refractivity contribution in [2.45, 2.75) is 0 Å². The molecule has 0 aliphatic carbocycles. The van der Waals surface area contributed by atoms with Crippen LogP contribution >= 0.6 is 0 Å². The van der Waals surface area contributed by atoms with Crippen LogP contribution in [0, 0.1) is 0 Å². The van der Waals surface area contributed by atoms with Crippen molar-refractivity contribution in [3.63, 3.8) is 0 Å². The van der Waals surface area contributed by atoms with Gasteiger partial charge in [0, 0.05) is 43.2 Å². The van der Waals surface area contributed by atoms with E-state index in [9.17, 15) is 24.0 Å². The van der Waals surface area contributed by atoms with Gasteiger partial charge in [0.15, 0.2) is 0 Å². The van der Waals surface area contributed by atoms with Gasteiger partial charge in [-0.1, -0.05) is 0 Å². The fraction of sp³-hybridized carbons (Fsp3) is 0.643. The molecular weight excluding hydrogens is 440 g/mol. The Balaban J connectivity index is 0. The van der Waals surface area contributed by atoms with E-state index in [1.165, 1.54) is 9.80 Å². The van der Waals surface area contributed by atoms with Crippen molar-refractivity contribution in [2.75, 3.05) is 58.9 Å². The van der Waals surface area contributed by atoms with Gasteiger partial charge in [-0.2, -0.15) is 5.90 Å². The van der Waals surface area contributed by atoms with E-state index in [1.807, 2.05) is 0 Å². The summed E-state index contributed by atoms with van der Waals surface area (Å²) in [7, 11) is 0. The van der Waals surface area contributed by atoms with Gasteiger partial charge in [0.25, 0.3) is 0 Å². The quantitative estimate of drug-likeness (QED) is 0.112. The van der Waals surface area contributed by atoms with Crippen LogP contribution < -0.4 is 5.90 Å². The van der Waals surface area contributed by atoms with Crippen LogP contribution in [0.15, 0.2) is 0 Å². The topological polar surface area (TPSA) is 211 Å². The molecule has 0 radical (unpaired) electrons. The first kappa shape index (κ1) is 28.9. The Kier molecular flexibility index (Phi) is 15.6. The summed E-state index contributed by atoms with van der Waals surface area (Å²) in [4.78, 5) is 62.4. The maximum atomic E-state index is 11.2. The van der Waals surface area contributed by atoms with Crippen LogP contribution in [-0.2, 0) is 45.9 Å². The molecule has 0 rings (SSSR count). The summed E-state index contributed by atoms with van der Waals surface area (Å²) in [6.45, 7) is -2.51. The van der Waals surface area contributed by atoms with Gasteiger partial charge in [-0.3, -0.25) is 33.9 Å². The van der Waals surface area contributed by atoms with Crippen LogP contribution in [0.2, 0.25) is 0 Å². The van der Waals surface area contributed by atoms with Crippen molar-refractivity contribution in [3.05, 3.63) is 0 Å². The molecule has 6 N–H and O–H groups in total. The fourth-order valence-electron chi connectivity index (χ4n) is 2.25. The zero-order valence-electron chi connectivity index (χ0n) is 15.4. The minimum Gasteiger partial charge on any atom is -0.480 e. The smallest absolute Gasteiger partial charge is 0.338 e. The number of carboxylic acid groups (broad SMARTS) is 4. The summed E-state index contributed by atoms with van der Waals surface area (Å²) in [6, 6.07) is 0. The first-order chi connectivity index (χ1) is 13.0. The molecule has 0 saturated carbocycles. The molecule has 0 spiro atoms. The minimum atomic E-state index is -1.24. The molecule has 0 atom stereocenters. The fourth-order valence-corrected chi connectivity index (χ4v) is 2.25. The molecule has 0 amide bonds. The van der Waals surface area contributed by atoms with Gasteiger partial charge < -0.3 is 25.3 Å². The number of nitrogens with two attached hydrogens (primary N) is 1. The molecule has 14 nitrogen and oxygen atoms in total. The Morgan fingerprint density at radius 1 is 0.586 bits per heavy atom. The summed E-state index contributed by atoms with van der Waals surface area (Å²) in [5, 5.41) is 35.5. The Labute approximate surface area is 176 Å². The van der Waals surface area contributed by atoms with Crippen molar-refractivity contribution in [2.24, 2.45) is 5.90 Å². The van der Waals surface area contributed by atoms with Crippen molar-refractivity contribution in [1.82, 2.24) is 14.7 Å². The van der Waals surface area contributed by atoms with Gasteiger partial charge in [0.2, 0.25) is 0 Å². The van der Waals surface area contributed by atoms with E-state index in [4.69, 9.17) is 26.3 Å². The Bertz CT molecular complexity index is 561. The molecular formula is C14H24FeN4O10. The van der Waals surface area contributed by atoms with E-state index in [1.54, 1.807) is 0 Å². The molecule has 29 heavy (non-hydrogen) atoms. The molecule has 0 saturated heterocycles. The van der Waals surface area contributed by atoms with E-state index < -0.39 is 62.6 Å². The summed E-state index contributed by atoms with van der Waals surface area (Å²) in [5.41, 5.74) is 0. The number of aliphatic carboxylic acids is 4. The van der Waals surface area contributed by atoms with Gasteiger partial charge in [0.05, 0.1) is 32.7 Å². The zero-order valence-corrected chi connectivity index (χ0v) is 16.5. The van der Waals surface area contributed by atoms with Gasteiger partial charge in [-0.15, -0.1) is 0 Å². The molecule has 0 bridgehead atoms. The first-order valence-corrected chi connectivity index (χ1v) is 7.97. The molecule has 0 aliphatic rings. The molecule has 0 heterocycles. The largest absolute Gasteiger partial charge is 0.480 e. The van der Waals surface area contributed by atoms with Gasteiger partial charge in [-0.05, 0) is 0 Å². The molecule has 0 unspecified atom stereocenters. The molecule has 0 fully saturated rings. The number of nitrogens with zero attached hydrogens (tertiary/aromatic N) is 3. The summed E-state index contributed by atoms with van der Waals surface area (Å²) < 4.78 is 0. The average Bonchev–Trinajstić information content (AvgIpc) is 2.54. The van der Waals surface area contributed by atoms with Crippen LogP contribution in [0.25, 0.3) is 0 Å². The second kappa shape index (κ2) is 15.6. The van der Waals surface area contributed by atoms with E-state index in [0.717, 1.165) is 4.90 Å². The summed E-state index contributed by atoms with van der Waals surface area (Å²) in [6.07, 6.45) is 0. The number of hydrogen-bond donors (Lipinski definition) is 5. The van der Waals surface area contributed by atoms with E-state index >= 15 is 0 Å². The minimum absolute atomic E-state index is 0. The first-order valence-electron chi connectivity index (χ1n) is 7.97. The van der Waals surface area contributed by atoms with Crippen LogP contribution in [0.1, 0.15) is 0 Å². The second-order valence-corrected chi connectivity index (χ2v) is 5.76. The Morgan fingerprint density at radius 3 is 1.17 bits per heavy atom. The third-order valence-corrected chi connectivity index (χ3v) is 3.38. The Hall–Kier alpha value is -2.29. The molecule has 0 aromatic rings. The predicted octanol–water partition coefficient (Wildman–Crippen LogP) is -3.35. The maximum Gasteiger partial charge on any atom is 0.338 e. The van der Waals surface area contributed by atoms with Crippen LogP contribution in [0.4, 0.5) is 0 Å². The van der Waals surface area contributed by atoms with Crippen molar-refractivity contribution in [1.29, 1.82) is 0 Å². The van der Waals surface area contributed by atoms with Crippen LogP contribution in [-0.4, -0.2) is 124 Å². The third-order valence-electron chi connectivity index (χ3n) is 3.38. The molecule has 0 aliphatic heterocycles. The van der Waals surface area contributed by atoms with Crippen molar-refractivity contribution in [3.8, 4) is 0 Å². The van der Waals surface area contributed by atoms with E-state index in [-0.39, 0.29) is 43.2 Å². The summed E-state index contributed by atoms with van der Waals surface area (Å²) in [5.74, 6) is -1.03. The number of carboxylic acids is 4. The number of carbonyl (C=O) groups is 5. The van der Waals surface area contributed by atoms with Gasteiger partial charge in [0.1, 0.15) is 0 Å². The van der Waals surface area contributed by atoms with E-state index in [2.05, 4.69) is 4.84 Å². The second-order valence-electron chi connectivity index (χ2n) is 5.76. The SMILES string of the molecule is NOC(=O)CN(CCN(CCN(CC(=O)O)CC(=O)O)CC(=O)O)CC(=O)O.[Fe]. The maximum absolute atomic E-state index is 11.2. The van der Waals surface area contributed by atoms with Crippen LogP contribution in [0.3, 0.4) is 0 Å². The predicted molar refractivity (Wildman–Crippen MR) is 90.1 cm³/mol. The number of hydrogen-bond acceptors (Lipinski definition) is 10. The summed E-state index contributed by atoms with van der Waals surface area (Å²) >= 11 is 0. The molecule has 0 aromatic heterocycles. The number of rotatable bonds is 16. The van der Waals surface area contributed by atoms with Gasteiger partial charge >= 0.3 is 29.8 Å². The third kappa shape index (κ3) is 16.4. The standard InChI is InChI=1S/C14H24N4O10.Fe/c15-28-14(27)9-18(8-13(25)26)4-2-16(5-10(19)20)1-3-17(6-11(21)22)7-12(23)24;/h1-9,15H2,(H,19,20)(H,21,22)(H,23,24)(H,25,26);. The molecule has 0 aromatic carbocycles. The zero-order chi connectivity index (χ0) is 21.7. The molecule has 168 valence electrons. The monoisotopic (exact) mass is 464 g/mol. The van der Waals surface area contributed by atoms with Crippen LogP contribution in [0.5, 0.6) is 0 Å². The number of carbonyl (C=O) groups excluding carboxylic acids is 1. The average molecular weight is 464 g/mol. The van der Waals surface area contributed by atoms with E-state index in [0.29, 0.717) is 0 Å². The van der Waals surface area contributed by atoms with Crippen molar-refractivity contribution < 1.29 is 66.3 Å². The Morgan fingerprint density at radius 2 is 0.862 bits per heavy atom. The normalized spacial score (nSPS) is 10.6. The van der Waals surface area contributed by atoms with Gasteiger partial charge in [-0.25, -0.2) is 4.79 Å².